The molecule has 2 aromatic carbocycles. The highest BCUT2D eigenvalue weighted by atomic mass is 35.5. The summed E-state index contributed by atoms with van der Waals surface area (Å²) in [6.45, 7) is 9.60. The van der Waals surface area contributed by atoms with Crippen LogP contribution in [0.3, 0.4) is 0 Å². The summed E-state index contributed by atoms with van der Waals surface area (Å²) in [4.78, 5) is 27.8. The van der Waals surface area contributed by atoms with Crippen LogP contribution in [0, 0.1) is 6.92 Å². The lowest BCUT2D eigenvalue weighted by Gasteiger charge is -2.32. The van der Waals surface area contributed by atoms with Crippen molar-refractivity contribution in [1.29, 1.82) is 0 Å². The highest BCUT2D eigenvalue weighted by molar-refractivity contribution is 7.92. The van der Waals surface area contributed by atoms with Gasteiger partial charge >= 0.3 is 0 Å². The number of anilines is 1. The summed E-state index contributed by atoms with van der Waals surface area (Å²) < 4.78 is 26.1. The third-order valence-electron chi connectivity index (χ3n) is 5.47. The molecule has 198 valence electrons. The Bertz CT molecular complexity index is 1180. The Labute approximate surface area is 224 Å². The Morgan fingerprint density at radius 1 is 1.06 bits per heavy atom. The van der Waals surface area contributed by atoms with Gasteiger partial charge in [-0.1, -0.05) is 53.0 Å². The average Bonchev–Trinajstić information content (AvgIpc) is 2.75. The van der Waals surface area contributed by atoms with E-state index in [1.54, 1.807) is 13.0 Å². The van der Waals surface area contributed by atoms with Gasteiger partial charge in [-0.3, -0.25) is 13.9 Å². The second-order valence-corrected chi connectivity index (χ2v) is 12.7. The van der Waals surface area contributed by atoms with Crippen LogP contribution in [-0.4, -0.2) is 49.5 Å². The largest absolute Gasteiger partial charge is 0.350 e. The highest BCUT2D eigenvalue weighted by Crippen LogP contribution is 2.31. The first-order valence-electron chi connectivity index (χ1n) is 11.7. The quantitative estimate of drug-likeness (QED) is 0.437. The number of carbonyl (C=O) groups excluding carboxylic acids is 2. The second-order valence-electron chi connectivity index (χ2n) is 9.96. The Kier molecular flexibility index (Phi) is 10.2. The fourth-order valence-electron chi connectivity index (χ4n) is 3.61. The van der Waals surface area contributed by atoms with Gasteiger partial charge in [0.25, 0.3) is 0 Å². The van der Waals surface area contributed by atoms with Gasteiger partial charge in [0.1, 0.15) is 6.04 Å². The maximum Gasteiger partial charge on any atom is 0.242 e. The molecule has 1 atom stereocenters. The van der Waals surface area contributed by atoms with E-state index in [1.165, 1.54) is 17.0 Å². The summed E-state index contributed by atoms with van der Waals surface area (Å²) in [7, 11) is -3.68. The van der Waals surface area contributed by atoms with Gasteiger partial charge in [0.05, 0.1) is 17.0 Å². The minimum absolute atomic E-state index is 0.0333. The number of benzene rings is 2. The summed E-state index contributed by atoms with van der Waals surface area (Å²) in [6.07, 6.45) is 1.35. The summed E-state index contributed by atoms with van der Waals surface area (Å²) >= 11 is 12.3. The molecule has 0 aliphatic rings. The molecule has 10 heteroatoms. The van der Waals surface area contributed by atoms with E-state index in [0.29, 0.717) is 5.02 Å². The number of hydrogen-bond acceptors (Lipinski definition) is 4. The first-order chi connectivity index (χ1) is 16.6. The number of nitrogens with one attached hydrogen (secondary N) is 1. The molecule has 7 nitrogen and oxygen atoms in total. The molecule has 0 heterocycles. The maximum atomic E-state index is 13.3. The van der Waals surface area contributed by atoms with E-state index in [4.69, 9.17) is 23.2 Å². The van der Waals surface area contributed by atoms with Crippen LogP contribution < -0.4 is 9.62 Å². The lowest BCUT2D eigenvalue weighted by atomic mass is 10.1. The molecule has 1 unspecified atom stereocenters. The molecular weight excluding hydrogens is 521 g/mol. The molecule has 0 saturated carbocycles. The highest BCUT2D eigenvalue weighted by Gasteiger charge is 2.29. The van der Waals surface area contributed by atoms with E-state index in [-0.39, 0.29) is 48.5 Å². The zero-order valence-corrected chi connectivity index (χ0v) is 24.0. The van der Waals surface area contributed by atoms with Crippen molar-refractivity contribution in [3.05, 3.63) is 63.6 Å². The van der Waals surface area contributed by atoms with Gasteiger partial charge in [-0.15, -0.1) is 0 Å². The smallest absolute Gasteiger partial charge is 0.242 e. The fourth-order valence-corrected chi connectivity index (χ4v) is 5.01. The number of halogens is 2. The molecule has 2 aromatic rings. The van der Waals surface area contributed by atoms with Crippen molar-refractivity contribution in [2.45, 2.75) is 65.6 Å². The van der Waals surface area contributed by atoms with Gasteiger partial charge in [-0.2, -0.15) is 0 Å². The topological polar surface area (TPSA) is 86.8 Å². The average molecular weight is 557 g/mol. The van der Waals surface area contributed by atoms with Gasteiger partial charge < -0.3 is 10.2 Å². The fraction of sp³-hybridized carbons (Fsp3) is 0.462. The van der Waals surface area contributed by atoms with Gasteiger partial charge in [0, 0.05) is 30.1 Å². The molecular formula is C26H35Cl2N3O4S. The van der Waals surface area contributed by atoms with E-state index in [2.05, 4.69) is 5.32 Å². The number of nitrogens with zero attached hydrogens (tertiary/aromatic N) is 2. The number of sulfonamides is 1. The SMILES string of the molecule is Cc1ccc(CN(C(=O)CCCN(c2cc(Cl)ccc2Cl)S(C)(=O)=O)C(C)C(=O)NC(C)(C)C)cc1. The molecule has 2 amide bonds. The van der Waals surface area contributed by atoms with Gasteiger partial charge in [0.2, 0.25) is 21.8 Å². The number of carbonyl (C=O) groups is 2. The van der Waals surface area contributed by atoms with E-state index in [1.807, 2.05) is 52.0 Å². The molecule has 0 bridgehead atoms. The molecule has 0 saturated heterocycles. The maximum absolute atomic E-state index is 13.3. The van der Waals surface area contributed by atoms with Crippen molar-refractivity contribution in [3.63, 3.8) is 0 Å². The van der Waals surface area contributed by atoms with Crippen molar-refractivity contribution in [2.75, 3.05) is 17.1 Å². The van der Waals surface area contributed by atoms with Crippen molar-refractivity contribution >= 4 is 50.7 Å². The van der Waals surface area contributed by atoms with Crippen LogP contribution in [0.2, 0.25) is 10.0 Å². The van der Waals surface area contributed by atoms with E-state index in [0.717, 1.165) is 21.7 Å². The predicted molar refractivity (Wildman–Crippen MR) is 147 cm³/mol. The van der Waals surface area contributed by atoms with Crippen LogP contribution >= 0.6 is 23.2 Å². The number of rotatable bonds is 10. The summed E-state index contributed by atoms with van der Waals surface area (Å²) in [5.74, 6) is -0.510. The summed E-state index contributed by atoms with van der Waals surface area (Å²) in [6, 6.07) is 11.6. The first-order valence-corrected chi connectivity index (χ1v) is 14.3. The standard InChI is InChI=1S/C26H35Cl2N3O4S/c1-18-9-11-20(12-10-18)17-30(19(2)25(33)29-26(3,4)5)24(32)8-7-15-31(36(6,34)35)23-16-21(27)13-14-22(23)28/h9-14,16,19H,7-8,15,17H2,1-6H3,(H,29,33). The lowest BCUT2D eigenvalue weighted by Crippen LogP contribution is -2.52. The van der Waals surface area contributed by atoms with Gasteiger partial charge in [-0.05, 0) is 64.8 Å². The monoisotopic (exact) mass is 555 g/mol. The Balaban J connectivity index is 2.22. The summed E-state index contributed by atoms with van der Waals surface area (Å²) in [5, 5.41) is 3.52. The number of aryl methyl sites for hydroxylation is 1. The lowest BCUT2D eigenvalue weighted by molar-refractivity contribution is -0.141. The van der Waals surface area contributed by atoms with Crippen LogP contribution in [0.5, 0.6) is 0 Å². The van der Waals surface area contributed by atoms with Gasteiger partial charge in [0.15, 0.2) is 0 Å². The van der Waals surface area contributed by atoms with Gasteiger partial charge in [-0.25, -0.2) is 8.42 Å². The molecule has 1 N–H and O–H groups in total. The Morgan fingerprint density at radius 3 is 2.22 bits per heavy atom. The first kappa shape index (κ1) is 29.9. The van der Waals surface area contributed by atoms with Crippen molar-refractivity contribution < 1.29 is 18.0 Å². The molecule has 36 heavy (non-hydrogen) atoms. The zero-order valence-electron chi connectivity index (χ0n) is 21.6. The molecule has 2 rings (SSSR count). The molecule has 0 aromatic heterocycles. The molecule has 0 radical (unpaired) electrons. The van der Waals surface area contributed by atoms with Crippen molar-refractivity contribution in [3.8, 4) is 0 Å². The number of amides is 2. The number of hydrogen-bond donors (Lipinski definition) is 1. The van der Waals surface area contributed by atoms with E-state index in [9.17, 15) is 18.0 Å². The predicted octanol–water partition coefficient (Wildman–Crippen LogP) is 5.18. The molecule has 0 aliphatic carbocycles. The second kappa shape index (κ2) is 12.3. The van der Waals surface area contributed by atoms with Crippen LogP contribution in [0.15, 0.2) is 42.5 Å². The van der Waals surface area contributed by atoms with Crippen molar-refractivity contribution in [2.24, 2.45) is 0 Å². The van der Waals surface area contributed by atoms with Crippen LogP contribution in [-0.2, 0) is 26.2 Å². The zero-order chi connectivity index (χ0) is 27.3. The normalized spacial score (nSPS) is 12.7. The molecule has 0 aliphatic heterocycles. The Hall–Kier alpha value is -2.29. The van der Waals surface area contributed by atoms with Crippen LogP contribution in [0.1, 0.15) is 51.7 Å². The minimum atomic E-state index is -3.68. The molecule has 0 fully saturated rings. The third-order valence-corrected chi connectivity index (χ3v) is 7.20. The summed E-state index contributed by atoms with van der Waals surface area (Å²) in [5.41, 5.74) is 1.80. The van der Waals surface area contributed by atoms with E-state index < -0.39 is 21.6 Å². The third kappa shape index (κ3) is 8.98. The molecule has 0 spiro atoms. The van der Waals surface area contributed by atoms with Crippen LogP contribution in [0.4, 0.5) is 5.69 Å². The van der Waals surface area contributed by atoms with E-state index >= 15 is 0 Å². The van der Waals surface area contributed by atoms with Crippen molar-refractivity contribution in [1.82, 2.24) is 10.2 Å². The Morgan fingerprint density at radius 2 is 1.67 bits per heavy atom. The minimum Gasteiger partial charge on any atom is -0.350 e. The van der Waals surface area contributed by atoms with Crippen LogP contribution in [0.25, 0.3) is 0 Å².